The lowest BCUT2D eigenvalue weighted by Gasteiger charge is -2.25. The summed E-state index contributed by atoms with van der Waals surface area (Å²) < 4.78 is 11.9. The molecule has 1 aromatic heterocycles. The number of imide groups is 1. The Labute approximate surface area is 168 Å². The van der Waals surface area contributed by atoms with Crippen LogP contribution >= 0.6 is 0 Å². The molecule has 7 nitrogen and oxygen atoms in total. The molecule has 7 heteroatoms. The lowest BCUT2D eigenvalue weighted by atomic mass is 10.1. The van der Waals surface area contributed by atoms with Crippen LogP contribution in [-0.2, 0) is 17.8 Å². The van der Waals surface area contributed by atoms with Crippen molar-refractivity contribution >= 4 is 11.8 Å². The molecule has 0 unspecified atom stereocenters. The molecule has 0 spiro atoms. The Kier molecular flexibility index (Phi) is 5.03. The van der Waals surface area contributed by atoms with Crippen molar-refractivity contribution in [3.63, 3.8) is 0 Å². The minimum atomic E-state index is -0.323. The molecule has 0 fully saturated rings. The SMILES string of the molecule is COc1ccc(-c2cc3n(n2)CC(=O)N(CCc2cccc(OC)c2)C3=O)cc1. The molecule has 0 aliphatic carbocycles. The molecule has 4 rings (SSSR count). The molecule has 1 aliphatic heterocycles. The van der Waals surface area contributed by atoms with Gasteiger partial charge in [0.2, 0.25) is 0 Å². The van der Waals surface area contributed by atoms with E-state index < -0.39 is 0 Å². The number of carbonyl (C=O) groups excluding carboxylic acids is 2. The molecule has 0 radical (unpaired) electrons. The number of nitrogens with zero attached hydrogens (tertiary/aromatic N) is 3. The number of rotatable bonds is 6. The van der Waals surface area contributed by atoms with Gasteiger partial charge in [0, 0.05) is 12.1 Å². The van der Waals surface area contributed by atoms with E-state index >= 15 is 0 Å². The molecular weight excluding hydrogens is 370 g/mol. The number of hydrogen-bond donors (Lipinski definition) is 0. The van der Waals surface area contributed by atoms with Gasteiger partial charge in [-0.05, 0) is 54.4 Å². The first-order chi connectivity index (χ1) is 14.1. The van der Waals surface area contributed by atoms with Gasteiger partial charge in [0.15, 0.2) is 0 Å². The Morgan fingerprint density at radius 2 is 1.72 bits per heavy atom. The van der Waals surface area contributed by atoms with Gasteiger partial charge in [0.25, 0.3) is 11.8 Å². The van der Waals surface area contributed by atoms with Gasteiger partial charge in [0.05, 0.1) is 19.9 Å². The van der Waals surface area contributed by atoms with Crippen molar-refractivity contribution < 1.29 is 19.1 Å². The van der Waals surface area contributed by atoms with Gasteiger partial charge in [-0.1, -0.05) is 12.1 Å². The van der Waals surface area contributed by atoms with Crippen LogP contribution in [0.5, 0.6) is 11.5 Å². The molecule has 2 aromatic carbocycles. The zero-order chi connectivity index (χ0) is 20.4. The van der Waals surface area contributed by atoms with E-state index in [-0.39, 0.29) is 18.4 Å². The number of carbonyl (C=O) groups is 2. The van der Waals surface area contributed by atoms with Crippen molar-refractivity contribution in [2.24, 2.45) is 0 Å². The first kappa shape index (κ1) is 18.7. The predicted molar refractivity (Wildman–Crippen MR) is 107 cm³/mol. The Hall–Kier alpha value is -3.61. The number of hydrogen-bond acceptors (Lipinski definition) is 5. The highest BCUT2D eigenvalue weighted by Crippen LogP contribution is 2.25. The summed E-state index contributed by atoms with van der Waals surface area (Å²) in [7, 11) is 3.22. The summed E-state index contributed by atoms with van der Waals surface area (Å²) in [6.07, 6.45) is 0.564. The van der Waals surface area contributed by atoms with Gasteiger partial charge in [-0.25, -0.2) is 4.68 Å². The maximum absolute atomic E-state index is 12.9. The zero-order valence-corrected chi connectivity index (χ0v) is 16.3. The van der Waals surface area contributed by atoms with E-state index in [1.165, 1.54) is 9.58 Å². The summed E-state index contributed by atoms with van der Waals surface area (Å²) in [6.45, 7) is 0.364. The fraction of sp³-hybridized carbons (Fsp3) is 0.227. The van der Waals surface area contributed by atoms with Crippen LogP contribution in [0.3, 0.4) is 0 Å². The Morgan fingerprint density at radius 1 is 0.966 bits per heavy atom. The Bertz CT molecular complexity index is 1060. The standard InChI is InChI=1S/C22H21N3O4/c1-28-17-8-6-16(7-9-17)19-13-20-22(27)24(21(26)14-25(20)23-19)11-10-15-4-3-5-18(12-15)29-2/h3-9,12-13H,10-11,14H2,1-2H3. The third kappa shape index (κ3) is 3.71. The van der Waals surface area contributed by atoms with Crippen LogP contribution in [0.2, 0.25) is 0 Å². The normalized spacial score (nSPS) is 13.4. The molecular formula is C22H21N3O4. The fourth-order valence-corrected chi connectivity index (χ4v) is 3.37. The smallest absolute Gasteiger partial charge is 0.278 e. The molecule has 0 N–H and O–H groups in total. The predicted octanol–water partition coefficient (Wildman–Crippen LogP) is 2.79. The second-order valence-electron chi connectivity index (χ2n) is 6.75. The zero-order valence-electron chi connectivity index (χ0n) is 16.3. The topological polar surface area (TPSA) is 73.7 Å². The van der Waals surface area contributed by atoms with Crippen molar-refractivity contribution in [1.29, 1.82) is 0 Å². The highest BCUT2D eigenvalue weighted by Gasteiger charge is 2.32. The monoisotopic (exact) mass is 391 g/mol. The minimum Gasteiger partial charge on any atom is -0.497 e. The van der Waals surface area contributed by atoms with E-state index in [1.807, 2.05) is 48.5 Å². The van der Waals surface area contributed by atoms with Crippen molar-refractivity contribution in [3.05, 3.63) is 65.9 Å². The van der Waals surface area contributed by atoms with E-state index in [9.17, 15) is 9.59 Å². The minimum absolute atomic E-state index is 0.0509. The van der Waals surface area contributed by atoms with Crippen LogP contribution in [0, 0.1) is 0 Å². The first-order valence-corrected chi connectivity index (χ1v) is 9.29. The first-order valence-electron chi connectivity index (χ1n) is 9.29. The number of methoxy groups -OCH3 is 2. The van der Waals surface area contributed by atoms with Crippen LogP contribution in [0.1, 0.15) is 16.1 Å². The van der Waals surface area contributed by atoms with Crippen molar-refractivity contribution in [2.75, 3.05) is 20.8 Å². The van der Waals surface area contributed by atoms with Gasteiger partial charge in [-0.15, -0.1) is 0 Å². The average molecular weight is 391 g/mol. The van der Waals surface area contributed by atoms with Crippen molar-refractivity contribution in [3.8, 4) is 22.8 Å². The molecule has 0 bridgehead atoms. The molecule has 148 valence electrons. The van der Waals surface area contributed by atoms with E-state index in [0.29, 0.717) is 24.4 Å². The van der Waals surface area contributed by atoms with E-state index in [2.05, 4.69) is 5.10 Å². The third-order valence-corrected chi connectivity index (χ3v) is 4.97. The van der Waals surface area contributed by atoms with Gasteiger partial charge in [0.1, 0.15) is 23.7 Å². The fourth-order valence-electron chi connectivity index (χ4n) is 3.37. The van der Waals surface area contributed by atoms with Gasteiger partial charge in [-0.2, -0.15) is 5.10 Å². The van der Waals surface area contributed by atoms with Crippen molar-refractivity contribution in [2.45, 2.75) is 13.0 Å². The van der Waals surface area contributed by atoms with E-state index in [4.69, 9.17) is 9.47 Å². The number of amides is 2. The summed E-state index contributed by atoms with van der Waals surface area (Å²) in [4.78, 5) is 26.8. The van der Waals surface area contributed by atoms with Crippen LogP contribution in [0.25, 0.3) is 11.3 Å². The van der Waals surface area contributed by atoms with E-state index in [1.54, 1.807) is 20.3 Å². The summed E-state index contributed by atoms with van der Waals surface area (Å²) in [5.41, 5.74) is 2.93. The maximum atomic E-state index is 12.9. The molecule has 0 saturated carbocycles. The summed E-state index contributed by atoms with van der Waals surface area (Å²) >= 11 is 0. The lowest BCUT2D eigenvalue weighted by Crippen LogP contribution is -2.45. The molecule has 0 saturated heterocycles. The molecule has 29 heavy (non-hydrogen) atoms. The van der Waals surface area contributed by atoms with Crippen LogP contribution in [0.15, 0.2) is 54.6 Å². The summed E-state index contributed by atoms with van der Waals surface area (Å²) in [6, 6.07) is 16.8. The number of fused-ring (bicyclic) bond motifs is 1. The number of benzene rings is 2. The van der Waals surface area contributed by atoms with Crippen LogP contribution in [0.4, 0.5) is 0 Å². The molecule has 2 amide bonds. The highest BCUT2D eigenvalue weighted by molar-refractivity contribution is 6.06. The highest BCUT2D eigenvalue weighted by atomic mass is 16.5. The molecule has 1 aliphatic rings. The molecule has 2 heterocycles. The summed E-state index contributed by atoms with van der Waals surface area (Å²) in [5, 5.41) is 4.44. The van der Waals surface area contributed by atoms with Crippen molar-refractivity contribution in [1.82, 2.24) is 14.7 Å². The van der Waals surface area contributed by atoms with Gasteiger partial charge in [-0.3, -0.25) is 14.5 Å². The Balaban J connectivity index is 1.53. The quantitative estimate of drug-likeness (QED) is 0.604. The Morgan fingerprint density at radius 3 is 2.45 bits per heavy atom. The second-order valence-corrected chi connectivity index (χ2v) is 6.75. The summed E-state index contributed by atoms with van der Waals surface area (Å²) in [5.74, 6) is 0.917. The lowest BCUT2D eigenvalue weighted by molar-refractivity contribution is -0.130. The number of ether oxygens (including phenoxy) is 2. The van der Waals surface area contributed by atoms with Gasteiger partial charge >= 0.3 is 0 Å². The third-order valence-electron chi connectivity index (χ3n) is 4.97. The largest absolute Gasteiger partial charge is 0.497 e. The van der Waals surface area contributed by atoms with Crippen LogP contribution in [-0.4, -0.2) is 47.3 Å². The average Bonchev–Trinajstić information content (AvgIpc) is 3.18. The molecule has 3 aromatic rings. The number of aromatic nitrogens is 2. The van der Waals surface area contributed by atoms with Gasteiger partial charge < -0.3 is 9.47 Å². The van der Waals surface area contributed by atoms with Crippen LogP contribution < -0.4 is 9.47 Å². The van der Waals surface area contributed by atoms with E-state index in [0.717, 1.165) is 22.6 Å². The molecule has 0 atom stereocenters. The maximum Gasteiger partial charge on any atom is 0.278 e. The second kappa shape index (κ2) is 7.79.